The van der Waals surface area contributed by atoms with Crippen molar-refractivity contribution in [1.82, 2.24) is 10.2 Å². The number of hydrogen-bond acceptors (Lipinski definition) is 8. The lowest BCUT2D eigenvalue weighted by Crippen LogP contribution is -2.70. The summed E-state index contributed by atoms with van der Waals surface area (Å²) in [5.74, 6) is -0.650. The summed E-state index contributed by atoms with van der Waals surface area (Å²) in [4.78, 5) is 46.4. The first-order valence-electron chi connectivity index (χ1n) is 14.0. The number of nitrogens with one attached hydrogen (secondary N) is 1. The number of nitrogens with zero attached hydrogens (tertiary/aromatic N) is 2. The molecule has 3 aromatic rings. The molecule has 0 aliphatic carbocycles. The van der Waals surface area contributed by atoms with Crippen LogP contribution in [-0.2, 0) is 25.5 Å². The molecule has 2 aliphatic heterocycles. The summed E-state index contributed by atoms with van der Waals surface area (Å²) in [7, 11) is 0. The Kier molecular flexibility index (Phi) is 10.5. The van der Waals surface area contributed by atoms with Crippen LogP contribution in [0.2, 0.25) is 0 Å². The standard InChI is InChI=1S/C33H32N4O5S2/c34-26(35-17-18-38)16-19-43-25-21-44-32-28(36-27(39)20-22-10-4-1-5-11-22)31(40)37(32)29(25)33(41)42-30(23-12-6-2-7-13-23)24-14-8-3-9-15-24/h1-16,19,28,30,32,38H,17-18,20-21H2,(H2,34,35)(H,36,39)/b19-16+/t28?,32-/m1/s1. The van der Waals surface area contributed by atoms with E-state index in [9.17, 15) is 14.4 Å². The summed E-state index contributed by atoms with van der Waals surface area (Å²) in [6.07, 6.45) is 1.02. The molecule has 11 heteroatoms. The van der Waals surface area contributed by atoms with Crippen molar-refractivity contribution in [3.63, 3.8) is 0 Å². The second-order valence-corrected chi connectivity index (χ2v) is 12.1. The van der Waals surface area contributed by atoms with Crippen molar-refractivity contribution in [1.29, 1.82) is 0 Å². The summed E-state index contributed by atoms with van der Waals surface area (Å²) in [5.41, 5.74) is 8.45. The van der Waals surface area contributed by atoms with Gasteiger partial charge in [-0.3, -0.25) is 19.5 Å². The first-order valence-corrected chi connectivity index (χ1v) is 15.9. The van der Waals surface area contributed by atoms with Crippen LogP contribution in [0.4, 0.5) is 0 Å². The molecule has 4 N–H and O–H groups in total. The molecule has 226 valence electrons. The highest BCUT2D eigenvalue weighted by Gasteiger charge is 2.54. The Bertz CT molecular complexity index is 1530. The number of β-lactam (4-membered cyclic amide) rings is 1. The predicted octanol–water partition coefficient (Wildman–Crippen LogP) is 3.77. The van der Waals surface area contributed by atoms with E-state index < -0.39 is 23.5 Å². The second kappa shape index (κ2) is 14.9. The van der Waals surface area contributed by atoms with Crippen LogP contribution in [0.1, 0.15) is 22.8 Å². The molecule has 2 amide bonds. The third kappa shape index (κ3) is 7.42. The van der Waals surface area contributed by atoms with Crippen LogP contribution in [0.15, 0.2) is 118 Å². The average molecular weight is 629 g/mol. The number of carbonyl (C=O) groups is 3. The van der Waals surface area contributed by atoms with E-state index >= 15 is 0 Å². The smallest absolute Gasteiger partial charge is 0.356 e. The van der Waals surface area contributed by atoms with Crippen LogP contribution in [0.5, 0.6) is 0 Å². The lowest BCUT2D eigenvalue weighted by molar-refractivity contribution is -0.154. The van der Waals surface area contributed by atoms with Crippen molar-refractivity contribution >= 4 is 47.1 Å². The molecule has 5 rings (SSSR count). The van der Waals surface area contributed by atoms with Gasteiger partial charge in [0.25, 0.3) is 5.91 Å². The van der Waals surface area contributed by atoms with E-state index in [4.69, 9.17) is 15.6 Å². The maximum atomic E-state index is 14.0. The summed E-state index contributed by atoms with van der Waals surface area (Å²) < 4.78 is 6.17. The molecule has 2 heterocycles. The molecule has 0 radical (unpaired) electrons. The number of amidine groups is 1. The molecule has 1 unspecified atom stereocenters. The van der Waals surface area contributed by atoms with Gasteiger partial charge in [0.15, 0.2) is 6.10 Å². The number of carbonyl (C=O) groups excluding carboxylic acids is 3. The van der Waals surface area contributed by atoms with Gasteiger partial charge in [0.2, 0.25) is 5.91 Å². The van der Waals surface area contributed by atoms with Gasteiger partial charge in [0.1, 0.15) is 22.9 Å². The zero-order chi connectivity index (χ0) is 30.9. The van der Waals surface area contributed by atoms with Crippen LogP contribution in [-0.4, -0.2) is 63.9 Å². The average Bonchev–Trinajstić information content (AvgIpc) is 3.06. The summed E-state index contributed by atoms with van der Waals surface area (Å²) in [6, 6.07) is 27.4. The van der Waals surface area contributed by atoms with Gasteiger partial charge in [-0.25, -0.2) is 4.79 Å². The van der Waals surface area contributed by atoms with Gasteiger partial charge < -0.3 is 20.9 Å². The number of hydrogen-bond donors (Lipinski definition) is 3. The number of aliphatic imine (C=N–C) groups is 1. The normalized spacial score (nSPS) is 18.3. The molecule has 1 fully saturated rings. The fourth-order valence-corrected chi connectivity index (χ4v) is 7.18. The first kappa shape index (κ1) is 31.1. The highest BCUT2D eigenvalue weighted by atomic mass is 32.2. The molecule has 2 atom stereocenters. The van der Waals surface area contributed by atoms with Gasteiger partial charge in [-0.15, -0.1) is 11.8 Å². The fourth-order valence-electron chi connectivity index (χ4n) is 4.84. The minimum atomic E-state index is -0.763. The van der Waals surface area contributed by atoms with Crippen LogP contribution in [0, 0.1) is 0 Å². The Morgan fingerprint density at radius 1 is 1.05 bits per heavy atom. The topological polar surface area (TPSA) is 134 Å². The number of aliphatic hydroxyl groups is 1. The number of amides is 2. The van der Waals surface area contributed by atoms with Crippen LogP contribution >= 0.6 is 23.5 Å². The number of nitrogens with two attached hydrogens (primary N) is 1. The monoisotopic (exact) mass is 628 g/mol. The maximum absolute atomic E-state index is 14.0. The van der Waals surface area contributed by atoms with Gasteiger partial charge in [0, 0.05) is 10.7 Å². The first-order chi connectivity index (χ1) is 21.5. The van der Waals surface area contributed by atoms with Gasteiger partial charge >= 0.3 is 5.97 Å². The fraction of sp³-hybridized carbons (Fsp3) is 0.212. The summed E-state index contributed by atoms with van der Waals surface area (Å²) >= 11 is 2.71. The second-order valence-electron chi connectivity index (χ2n) is 9.95. The third-order valence-corrected chi connectivity index (χ3v) is 9.28. The minimum absolute atomic E-state index is 0.120. The molecule has 2 aliphatic rings. The molecular weight excluding hydrogens is 597 g/mol. The van der Waals surface area contributed by atoms with E-state index in [-0.39, 0.29) is 42.9 Å². The van der Waals surface area contributed by atoms with Crippen molar-refractivity contribution < 1.29 is 24.2 Å². The van der Waals surface area contributed by atoms with Crippen LogP contribution in [0.3, 0.4) is 0 Å². The van der Waals surface area contributed by atoms with Crippen molar-refractivity contribution in [3.05, 3.63) is 130 Å². The summed E-state index contributed by atoms with van der Waals surface area (Å²) in [5, 5.41) is 13.1. The lowest BCUT2D eigenvalue weighted by atomic mass is 10.0. The lowest BCUT2D eigenvalue weighted by Gasteiger charge is -2.49. The SMILES string of the molecule is NC(/C=C/SC1=C(C(=O)OC(c2ccccc2)c2ccccc2)N2C(=O)C(NC(=O)Cc3ccccc3)[C@H]2SC1)=NCCO. The Labute approximate surface area is 264 Å². The Morgan fingerprint density at radius 2 is 1.66 bits per heavy atom. The Hall–Kier alpha value is -4.32. The Balaban J connectivity index is 1.40. The molecular formula is C33H32N4O5S2. The number of esters is 1. The highest BCUT2D eigenvalue weighted by molar-refractivity contribution is 8.08. The highest BCUT2D eigenvalue weighted by Crippen LogP contribution is 2.44. The van der Waals surface area contributed by atoms with Gasteiger partial charge in [0.05, 0.1) is 19.6 Å². The molecule has 0 spiro atoms. The zero-order valence-corrected chi connectivity index (χ0v) is 25.4. The van der Waals surface area contributed by atoms with Gasteiger partial charge in [-0.2, -0.15) is 0 Å². The van der Waals surface area contributed by atoms with E-state index in [2.05, 4.69) is 10.3 Å². The molecule has 3 aromatic carbocycles. The quantitative estimate of drug-likeness (QED) is 0.120. The van der Waals surface area contributed by atoms with Crippen molar-refractivity contribution in [3.8, 4) is 0 Å². The van der Waals surface area contributed by atoms with Crippen molar-refractivity contribution in [2.45, 2.75) is 23.9 Å². The van der Waals surface area contributed by atoms with E-state index in [0.717, 1.165) is 16.7 Å². The van der Waals surface area contributed by atoms with E-state index in [0.29, 0.717) is 10.7 Å². The van der Waals surface area contributed by atoms with Crippen molar-refractivity contribution in [2.24, 2.45) is 10.7 Å². The molecule has 1 saturated heterocycles. The number of thioether (sulfide) groups is 2. The van der Waals surface area contributed by atoms with Crippen LogP contribution < -0.4 is 11.1 Å². The minimum Gasteiger partial charge on any atom is -0.448 e. The largest absolute Gasteiger partial charge is 0.448 e. The summed E-state index contributed by atoms with van der Waals surface area (Å²) in [6.45, 7) is 0.0592. The van der Waals surface area contributed by atoms with E-state index in [1.807, 2.05) is 91.0 Å². The Morgan fingerprint density at radius 3 is 2.27 bits per heavy atom. The number of fused-ring (bicyclic) bond motifs is 1. The van der Waals surface area contributed by atoms with E-state index in [1.165, 1.54) is 28.4 Å². The van der Waals surface area contributed by atoms with Gasteiger partial charge in [-0.05, 0) is 28.2 Å². The number of benzene rings is 3. The van der Waals surface area contributed by atoms with Crippen molar-refractivity contribution in [2.75, 3.05) is 18.9 Å². The molecule has 44 heavy (non-hydrogen) atoms. The maximum Gasteiger partial charge on any atom is 0.356 e. The number of rotatable bonds is 12. The van der Waals surface area contributed by atoms with Gasteiger partial charge in [-0.1, -0.05) is 103 Å². The number of ether oxygens (including phenoxy) is 1. The molecule has 9 nitrogen and oxygen atoms in total. The van der Waals surface area contributed by atoms with E-state index in [1.54, 1.807) is 11.5 Å². The zero-order valence-electron chi connectivity index (χ0n) is 23.7. The number of aliphatic hydroxyl groups excluding tert-OH is 1. The molecule has 0 bridgehead atoms. The predicted molar refractivity (Wildman–Crippen MR) is 173 cm³/mol. The molecule has 0 aromatic heterocycles. The third-order valence-electron chi connectivity index (χ3n) is 6.92. The van der Waals surface area contributed by atoms with Crippen LogP contribution in [0.25, 0.3) is 0 Å². The molecule has 0 saturated carbocycles.